The van der Waals surface area contributed by atoms with Crippen molar-refractivity contribution in [1.82, 2.24) is 4.31 Å². The molecule has 1 aliphatic rings. The summed E-state index contributed by atoms with van der Waals surface area (Å²) in [7, 11) is -7.30. The minimum Gasteiger partial charge on any atom is -0.325 e. The van der Waals surface area contributed by atoms with Crippen LogP contribution in [0.5, 0.6) is 0 Å². The smallest absolute Gasteiger partial charge is 0.245 e. The maximum Gasteiger partial charge on any atom is 0.245 e. The Kier molecular flexibility index (Phi) is 6.71. The fourth-order valence-electron chi connectivity index (χ4n) is 3.15. The van der Waals surface area contributed by atoms with Gasteiger partial charge in [0.1, 0.15) is 6.54 Å². The van der Waals surface area contributed by atoms with Crippen molar-refractivity contribution in [2.75, 3.05) is 35.5 Å². The molecule has 30 heavy (non-hydrogen) atoms. The number of halogens is 1. The quantitative estimate of drug-likeness (QED) is 0.668. The van der Waals surface area contributed by atoms with Crippen LogP contribution in [-0.2, 0) is 24.8 Å². The lowest BCUT2D eigenvalue weighted by atomic mass is 10.3. The topological polar surface area (TPSA) is 104 Å². The summed E-state index contributed by atoms with van der Waals surface area (Å²) in [6, 6.07) is 12.1. The maximum absolute atomic E-state index is 12.6. The van der Waals surface area contributed by atoms with Crippen molar-refractivity contribution in [3.63, 3.8) is 0 Å². The fraction of sp³-hybridized carbons (Fsp3) is 0.316. The van der Waals surface area contributed by atoms with Crippen LogP contribution in [0.1, 0.15) is 12.8 Å². The van der Waals surface area contributed by atoms with Gasteiger partial charge in [-0.15, -0.1) is 0 Å². The van der Waals surface area contributed by atoms with Crippen LogP contribution in [-0.4, -0.2) is 52.9 Å². The average molecular weight is 472 g/mol. The number of anilines is 2. The van der Waals surface area contributed by atoms with Crippen molar-refractivity contribution in [1.29, 1.82) is 0 Å². The van der Waals surface area contributed by atoms with E-state index in [2.05, 4.69) is 5.32 Å². The summed E-state index contributed by atoms with van der Waals surface area (Å²) in [5.41, 5.74) is 0.553. The molecule has 0 spiro atoms. The minimum absolute atomic E-state index is 0.149. The van der Waals surface area contributed by atoms with E-state index in [-0.39, 0.29) is 15.6 Å². The third-order valence-electron chi connectivity index (χ3n) is 4.65. The Morgan fingerprint density at radius 2 is 1.63 bits per heavy atom. The monoisotopic (exact) mass is 471 g/mol. The molecule has 162 valence electrons. The van der Waals surface area contributed by atoms with Gasteiger partial charge < -0.3 is 5.32 Å². The summed E-state index contributed by atoms with van der Waals surface area (Å²) in [5.74, 6) is -0.588. The standard InChI is InChI=1S/C19H22ClN3O5S2/c1-29(25,26)23(18-7-3-2-6-17(18)20)14-19(24)21-15-8-10-16(11-9-15)30(27,28)22-12-4-5-13-22/h2-3,6-11H,4-5,12-14H2,1H3,(H,21,24). The highest BCUT2D eigenvalue weighted by atomic mass is 35.5. The molecule has 1 fully saturated rings. The van der Waals surface area contributed by atoms with Crippen molar-refractivity contribution in [3.05, 3.63) is 53.6 Å². The number of hydrogen-bond donors (Lipinski definition) is 1. The molecule has 1 amide bonds. The first kappa shape index (κ1) is 22.5. The summed E-state index contributed by atoms with van der Waals surface area (Å²) in [4.78, 5) is 12.6. The number of hydrogen-bond acceptors (Lipinski definition) is 5. The summed E-state index contributed by atoms with van der Waals surface area (Å²) in [5, 5.41) is 2.79. The Hall–Kier alpha value is -2.14. The molecule has 1 aliphatic heterocycles. The second-order valence-electron chi connectivity index (χ2n) is 6.90. The highest BCUT2D eigenvalue weighted by Crippen LogP contribution is 2.27. The Balaban J connectivity index is 1.73. The molecule has 1 saturated heterocycles. The first-order chi connectivity index (χ1) is 14.1. The van der Waals surface area contributed by atoms with Gasteiger partial charge in [0.15, 0.2) is 0 Å². The third kappa shape index (κ3) is 5.12. The number of sulfonamides is 2. The molecule has 0 radical (unpaired) electrons. The van der Waals surface area contributed by atoms with E-state index in [1.165, 1.54) is 40.7 Å². The Labute approximate surface area is 181 Å². The van der Waals surface area contributed by atoms with Crippen LogP contribution in [0, 0.1) is 0 Å². The molecule has 2 aromatic carbocycles. The van der Waals surface area contributed by atoms with Crippen LogP contribution in [0.4, 0.5) is 11.4 Å². The number of carbonyl (C=O) groups is 1. The van der Waals surface area contributed by atoms with Gasteiger partial charge in [-0.05, 0) is 49.2 Å². The second-order valence-corrected chi connectivity index (χ2v) is 11.2. The highest BCUT2D eigenvalue weighted by Gasteiger charge is 2.27. The van der Waals surface area contributed by atoms with E-state index in [4.69, 9.17) is 11.6 Å². The summed E-state index contributed by atoms with van der Waals surface area (Å²) < 4.78 is 51.8. The van der Waals surface area contributed by atoms with Crippen LogP contribution in [0.15, 0.2) is 53.4 Å². The lowest BCUT2D eigenvalue weighted by molar-refractivity contribution is -0.114. The van der Waals surface area contributed by atoms with Gasteiger partial charge in [0, 0.05) is 18.8 Å². The molecule has 0 atom stereocenters. The normalized spacial score (nSPS) is 15.1. The molecule has 0 unspecified atom stereocenters. The van der Waals surface area contributed by atoms with Crippen molar-refractivity contribution >= 4 is 48.9 Å². The lowest BCUT2D eigenvalue weighted by Crippen LogP contribution is -2.37. The van der Waals surface area contributed by atoms with E-state index in [1.54, 1.807) is 12.1 Å². The zero-order valence-electron chi connectivity index (χ0n) is 16.3. The Bertz CT molecular complexity index is 1130. The molecule has 3 rings (SSSR count). The van der Waals surface area contributed by atoms with Gasteiger partial charge in [0.05, 0.1) is 21.9 Å². The fourth-order valence-corrected chi connectivity index (χ4v) is 5.83. The van der Waals surface area contributed by atoms with Gasteiger partial charge in [-0.3, -0.25) is 9.10 Å². The number of nitrogens with one attached hydrogen (secondary N) is 1. The predicted molar refractivity (Wildman–Crippen MR) is 117 cm³/mol. The van der Waals surface area contributed by atoms with Gasteiger partial charge in [-0.1, -0.05) is 23.7 Å². The van der Waals surface area contributed by atoms with E-state index in [0.717, 1.165) is 23.4 Å². The second kappa shape index (κ2) is 8.93. The van der Waals surface area contributed by atoms with E-state index < -0.39 is 32.5 Å². The molecular formula is C19H22ClN3O5S2. The van der Waals surface area contributed by atoms with Crippen LogP contribution < -0.4 is 9.62 Å². The van der Waals surface area contributed by atoms with Crippen molar-refractivity contribution in [3.8, 4) is 0 Å². The molecule has 11 heteroatoms. The first-order valence-electron chi connectivity index (χ1n) is 9.21. The van der Waals surface area contributed by atoms with Crippen LogP contribution >= 0.6 is 11.6 Å². The summed E-state index contributed by atoms with van der Waals surface area (Å²) in [6.45, 7) is 0.533. The van der Waals surface area contributed by atoms with Crippen molar-refractivity contribution < 1.29 is 21.6 Å². The van der Waals surface area contributed by atoms with Gasteiger partial charge in [-0.2, -0.15) is 4.31 Å². The summed E-state index contributed by atoms with van der Waals surface area (Å²) >= 11 is 6.08. The van der Waals surface area contributed by atoms with E-state index >= 15 is 0 Å². The van der Waals surface area contributed by atoms with Gasteiger partial charge >= 0.3 is 0 Å². The molecule has 0 bridgehead atoms. The average Bonchev–Trinajstić information content (AvgIpc) is 3.22. The maximum atomic E-state index is 12.6. The Morgan fingerprint density at radius 3 is 2.20 bits per heavy atom. The highest BCUT2D eigenvalue weighted by molar-refractivity contribution is 7.92. The molecule has 0 saturated carbocycles. The van der Waals surface area contributed by atoms with Crippen molar-refractivity contribution in [2.45, 2.75) is 17.7 Å². The largest absolute Gasteiger partial charge is 0.325 e. The molecular weight excluding hydrogens is 450 g/mol. The molecule has 1 heterocycles. The minimum atomic E-state index is -3.76. The zero-order valence-corrected chi connectivity index (χ0v) is 18.7. The van der Waals surface area contributed by atoms with Gasteiger partial charge in [-0.25, -0.2) is 16.8 Å². The van der Waals surface area contributed by atoms with Crippen LogP contribution in [0.2, 0.25) is 5.02 Å². The number of benzene rings is 2. The predicted octanol–water partition coefficient (Wildman–Crippen LogP) is 2.53. The van der Waals surface area contributed by atoms with Gasteiger partial charge in [0.2, 0.25) is 26.0 Å². The van der Waals surface area contributed by atoms with Crippen molar-refractivity contribution in [2.24, 2.45) is 0 Å². The number of para-hydroxylation sites is 1. The zero-order chi connectivity index (χ0) is 21.9. The number of amides is 1. The summed E-state index contributed by atoms with van der Waals surface area (Å²) in [6.07, 6.45) is 2.67. The number of carbonyl (C=O) groups excluding carboxylic acids is 1. The van der Waals surface area contributed by atoms with E-state index in [1.807, 2.05) is 0 Å². The van der Waals surface area contributed by atoms with Gasteiger partial charge in [0.25, 0.3) is 0 Å². The molecule has 1 N–H and O–H groups in total. The number of nitrogens with zero attached hydrogens (tertiary/aromatic N) is 2. The van der Waals surface area contributed by atoms with Crippen LogP contribution in [0.3, 0.4) is 0 Å². The molecule has 0 aliphatic carbocycles. The first-order valence-corrected chi connectivity index (χ1v) is 12.9. The lowest BCUT2D eigenvalue weighted by Gasteiger charge is -2.22. The molecule has 8 nitrogen and oxygen atoms in total. The Morgan fingerprint density at radius 1 is 1.03 bits per heavy atom. The van der Waals surface area contributed by atoms with Crippen LogP contribution in [0.25, 0.3) is 0 Å². The third-order valence-corrected chi connectivity index (χ3v) is 8.01. The van der Waals surface area contributed by atoms with E-state index in [9.17, 15) is 21.6 Å². The van der Waals surface area contributed by atoms with E-state index in [0.29, 0.717) is 18.8 Å². The molecule has 0 aromatic heterocycles. The number of rotatable bonds is 7. The SMILES string of the molecule is CS(=O)(=O)N(CC(=O)Nc1ccc(S(=O)(=O)N2CCCC2)cc1)c1ccccc1Cl. The molecule has 2 aromatic rings.